The maximum atomic E-state index is 5.92. The lowest BCUT2D eigenvalue weighted by atomic mass is 10.3. The summed E-state index contributed by atoms with van der Waals surface area (Å²) in [5.74, 6) is 1.15. The number of nitrogens with two attached hydrogens (primary N) is 1. The van der Waals surface area contributed by atoms with Gasteiger partial charge in [0.25, 0.3) is 0 Å². The van der Waals surface area contributed by atoms with Crippen LogP contribution in [0.4, 0.5) is 5.95 Å². The van der Waals surface area contributed by atoms with Gasteiger partial charge in [0, 0.05) is 17.4 Å². The Kier molecular flexibility index (Phi) is 2.75. The van der Waals surface area contributed by atoms with Gasteiger partial charge in [0.05, 0.1) is 11.0 Å². The van der Waals surface area contributed by atoms with E-state index in [4.69, 9.17) is 10.3 Å². The fourth-order valence-electron chi connectivity index (χ4n) is 1.86. The van der Waals surface area contributed by atoms with E-state index in [0.29, 0.717) is 24.7 Å². The van der Waals surface area contributed by atoms with E-state index in [9.17, 15) is 0 Å². The molecule has 3 aromatic rings. The molecular weight excluding hydrogens is 298 g/mol. The molecule has 18 heavy (non-hydrogen) atoms. The van der Waals surface area contributed by atoms with Gasteiger partial charge in [-0.25, -0.2) is 4.98 Å². The topological polar surface area (TPSA) is 82.8 Å². The number of nitrogens with zero attached hydrogens (tertiary/aromatic N) is 4. The molecule has 0 aliphatic heterocycles. The fourth-order valence-corrected chi connectivity index (χ4v) is 2.21. The molecule has 2 N–H and O–H groups in total. The molecule has 0 aliphatic rings. The summed E-state index contributed by atoms with van der Waals surface area (Å²) in [7, 11) is 0. The molecule has 0 bridgehead atoms. The first kappa shape index (κ1) is 11.2. The van der Waals surface area contributed by atoms with Crippen molar-refractivity contribution in [1.29, 1.82) is 0 Å². The number of anilines is 1. The second-order valence-electron chi connectivity index (χ2n) is 3.85. The number of benzene rings is 1. The molecule has 0 unspecified atom stereocenters. The highest BCUT2D eigenvalue weighted by atomic mass is 79.9. The molecule has 2 aromatic heterocycles. The lowest BCUT2D eigenvalue weighted by Crippen LogP contribution is -2.06. The van der Waals surface area contributed by atoms with Crippen LogP contribution in [0.25, 0.3) is 11.0 Å². The van der Waals surface area contributed by atoms with Gasteiger partial charge in [0.15, 0.2) is 5.82 Å². The van der Waals surface area contributed by atoms with Crippen molar-refractivity contribution in [2.24, 2.45) is 0 Å². The quantitative estimate of drug-likeness (QED) is 0.800. The Labute approximate surface area is 111 Å². The second kappa shape index (κ2) is 4.41. The van der Waals surface area contributed by atoms with E-state index in [0.717, 1.165) is 15.5 Å². The predicted molar refractivity (Wildman–Crippen MR) is 69.8 cm³/mol. The zero-order chi connectivity index (χ0) is 12.5. The van der Waals surface area contributed by atoms with Crippen molar-refractivity contribution in [3.8, 4) is 0 Å². The van der Waals surface area contributed by atoms with E-state index in [1.807, 2.05) is 22.8 Å². The number of hydrogen-bond donors (Lipinski definition) is 1. The largest absolute Gasteiger partial charge is 0.369 e. The molecule has 92 valence electrons. The zero-order valence-electron chi connectivity index (χ0n) is 9.38. The van der Waals surface area contributed by atoms with Gasteiger partial charge in [0.2, 0.25) is 12.3 Å². The van der Waals surface area contributed by atoms with E-state index in [2.05, 4.69) is 31.1 Å². The maximum Gasteiger partial charge on any atom is 0.213 e. The van der Waals surface area contributed by atoms with Gasteiger partial charge in [-0.15, -0.1) is 0 Å². The normalized spacial score (nSPS) is 11.2. The maximum absolute atomic E-state index is 5.92. The molecule has 0 fully saturated rings. The van der Waals surface area contributed by atoms with Crippen LogP contribution in [-0.2, 0) is 13.0 Å². The number of aryl methyl sites for hydroxylation is 2. The van der Waals surface area contributed by atoms with Crippen LogP contribution >= 0.6 is 15.9 Å². The standard InChI is InChI=1S/C11H10BrN5O/c12-7-1-2-8-9(5-7)17(11(13)15-8)4-3-10-14-6-18-16-10/h1-2,5-6H,3-4H2,(H2,13,15). The molecule has 0 saturated heterocycles. The highest BCUT2D eigenvalue weighted by molar-refractivity contribution is 9.10. The van der Waals surface area contributed by atoms with Crippen LogP contribution < -0.4 is 5.73 Å². The van der Waals surface area contributed by atoms with Crippen molar-refractivity contribution in [2.45, 2.75) is 13.0 Å². The Morgan fingerprint density at radius 1 is 1.39 bits per heavy atom. The van der Waals surface area contributed by atoms with E-state index >= 15 is 0 Å². The molecule has 1 aromatic carbocycles. The average molecular weight is 308 g/mol. The Morgan fingerprint density at radius 3 is 3.06 bits per heavy atom. The molecule has 0 radical (unpaired) electrons. The van der Waals surface area contributed by atoms with E-state index in [1.165, 1.54) is 6.39 Å². The van der Waals surface area contributed by atoms with Gasteiger partial charge in [-0.05, 0) is 18.2 Å². The first-order valence-electron chi connectivity index (χ1n) is 5.40. The lowest BCUT2D eigenvalue weighted by molar-refractivity contribution is 0.408. The molecular formula is C11H10BrN5O. The van der Waals surface area contributed by atoms with Crippen LogP contribution in [-0.4, -0.2) is 19.7 Å². The SMILES string of the molecule is Nc1nc2ccc(Br)cc2n1CCc1ncon1. The zero-order valence-corrected chi connectivity index (χ0v) is 11.0. The van der Waals surface area contributed by atoms with E-state index in [-0.39, 0.29) is 0 Å². The summed E-state index contributed by atoms with van der Waals surface area (Å²) in [5.41, 5.74) is 7.78. The van der Waals surface area contributed by atoms with Crippen LogP contribution in [0.3, 0.4) is 0 Å². The first-order valence-corrected chi connectivity index (χ1v) is 6.20. The van der Waals surface area contributed by atoms with Crippen molar-refractivity contribution in [3.05, 3.63) is 34.9 Å². The van der Waals surface area contributed by atoms with Crippen molar-refractivity contribution in [2.75, 3.05) is 5.73 Å². The Morgan fingerprint density at radius 2 is 2.28 bits per heavy atom. The summed E-state index contributed by atoms with van der Waals surface area (Å²) in [5, 5.41) is 3.77. The van der Waals surface area contributed by atoms with Gasteiger partial charge in [-0.3, -0.25) is 0 Å². The summed E-state index contributed by atoms with van der Waals surface area (Å²) in [6.45, 7) is 0.665. The Bertz CT molecular complexity index is 676. The van der Waals surface area contributed by atoms with Crippen LogP contribution in [0.15, 0.2) is 33.6 Å². The minimum atomic E-state index is 0.492. The molecule has 6 nitrogen and oxygen atoms in total. The number of aromatic nitrogens is 4. The third kappa shape index (κ3) is 1.97. The van der Waals surface area contributed by atoms with E-state index < -0.39 is 0 Å². The Balaban J connectivity index is 1.95. The number of nitrogen functional groups attached to an aromatic ring is 1. The molecule has 2 heterocycles. The highest BCUT2D eigenvalue weighted by Gasteiger charge is 2.09. The van der Waals surface area contributed by atoms with Gasteiger partial charge < -0.3 is 14.8 Å². The predicted octanol–water partition coefficient (Wildman–Crippen LogP) is 2.01. The molecule has 0 atom stereocenters. The molecule has 0 spiro atoms. The molecule has 3 rings (SSSR count). The van der Waals surface area contributed by atoms with Gasteiger partial charge in [-0.2, -0.15) is 4.98 Å². The number of fused-ring (bicyclic) bond motifs is 1. The van der Waals surface area contributed by atoms with Crippen LogP contribution in [0.1, 0.15) is 5.82 Å². The van der Waals surface area contributed by atoms with Crippen molar-refractivity contribution in [3.63, 3.8) is 0 Å². The monoisotopic (exact) mass is 307 g/mol. The molecule has 7 heteroatoms. The summed E-state index contributed by atoms with van der Waals surface area (Å²) in [4.78, 5) is 8.29. The molecule has 0 saturated carbocycles. The number of halogens is 1. The van der Waals surface area contributed by atoms with Crippen molar-refractivity contribution in [1.82, 2.24) is 19.7 Å². The summed E-state index contributed by atoms with van der Waals surface area (Å²) >= 11 is 3.44. The summed E-state index contributed by atoms with van der Waals surface area (Å²) in [6, 6.07) is 5.87. The van der Waals surface area contributed by atoms with Crippen molar-refractivity contribution < 1.29 is 4.52 Å². The lowest BCUT2D eigenvalue weighted by Gasteiger charge is -2.04. The minimum absolute atomic E-state index is 0.492. The smallest absolute Gasteiger partial charge is 0.213 e. The Hall–Kier alpha value is -1.89. The number of rotatable bonds is 3. The third-order valence-electron chi connectivity index (χ3n) is 2.71. The second-order valence-corrected chi connectivity index (χ2v) is 4.77. The molecule has 0 amide bonds. The fraction of sp³-hybridized carbons (Fsp3) is 0.182. The first-order chi connectivity index (χ1) is 8.74. The average Bonchev–Trinajstić information content (AvgIpc) is 2.94. The van der Waals surface area contributed by atoms with Gasteiger partial charge in [0.1, 0.15) is 0 Å². The van der Waals surface area contributed by atoms with Crippen LogP contribution in [0, 0.1) is 0 Å². The van der Waals surface area contributed by atoms with Gasteiger partial charge in [-0.1, -0.05) is 21.1 Å². The minimum Gasteiger partial charge on any atom is -0.369 e. The third-order valence-corrected chi connectivity index (χ3v) is 3.20. The molecule has 0 aliphatic carbocycles. The summed E-state index contributed by atoms with van der Waals surface area (Å²) < 4.78 is 7.63. The summed E-state index contributed by atoms with van der Waals surface area (Å²) in [6.07, 6.45) is 1.97. The highest BCUT2D eigenvalue weighted by Crippen LogP contribution is 2.22. The van der Waals surface area contributed by atoms with E-state index in [1.54, 1.807) is 0 Å². The van der Waals surface area contributed by atoms with Crippen LogP contribution in [0.5, 0.6) is 0 Å². The van der Waals surface area contributed by atoms with Crippen LogP contribution in [0.2, 0.25) is 0 Å². The van der Waals surface area contributed by atoms with Gasteiger partial charge >= 0.3 is 0 Å². The van der Waals surface area contributed by atoms with Crippen molar-refractivity contribution >= 4 is 32.9 Å². The number of hydrogen-bond acceptors (Lipinski definition) is 5. The number of imidazole rings is 1.